The summed E-state index contributed by atoms with van der Waals surface area (Å²) in [6.45, 7) is 2.34. The van der Waals surface area contributed by atoms with Crippen molar-refractivity contribution in [2.24, 2.45) is 0 Å². The predicted octanol–water partition coefficient (Wildman–Crippen LogP) is 0.0505. The van der Waals surface area contributed by atoms with Crippen molar-refractivity contribution >= 4 is 6.01 Å². The van der Waals surface area contributed by atoms with Crippen molar-refractivity contribution in [2.45, 2.75) is 6.92 Å². The molecule has 1 aromatic rings. The van der Waals surface area contributed by atoms with Crippen LogP contribution in [0.5, 0.6) is 6.01 Å². The number of rotatable bonds is 2. The van der Waals surface area contributed by atoms with Crippen LogP contribution in [0.25, 0.3) is 0 Å². The summed E-state index contributed by atoms with van der Waals surface area (Å²) in [4.78, 5) is 3.58. The molecule has 0 unspecified atom stereocenters. The SMILES string of the molecule is CCOc1noc(N)n1. The molecule has 0 aliphatic rings. The van der Waals surface area contributed by atoms with E-state index in [0.717, 1.165) is 0 Å². The first-order valence-electron chi connectivity index (χ1n) is 2.55. The molecule has 0 atom stereocenters. The van der Waals surface area contributed by atoms with Gasteiger partial charge in [-0.25, -0.2) is 0 Å². The third-order valence-corrected chi connectivity index (χ3v) is 0.697. The Kier molecular flexibility index (Phi) is 1.53. The molecule has 0 bridgehead atoms. The van der Waals surface area contributed by atoms with Gasteiger partial charge in [0.1, 0.15) is 0 Å². The maximum absolute atomic E-state index is 5.09. The highest BCUT2D eigenvalue weighted by Gasteiger charge is 1.99. The molecule has 0 saturated carbocycles. The van der Waals surface area contributed by atoms with Crippen molar-refractivity contribution in [3.8, 4) is 6.01 Å². The zero-order valence-corrected chi connectivity index (χ0v) is 5.00. The standard InChI is InChI=1S/C4H7N3O2/c1-2-8-4-6-3(5)9-7-4/h2H2,1H3,(H2,5,6,7). The molecule has 0 saturated heterocycles. The van der Waals surface area contributed by atoms with E-state index >= 15 is 0 Å². The van der Waals surface area contributed by atoms with Gasteiger partial charge in [0.25, 0.3) is 0 Å². The van der Waals surface area contributed by atoms with Crippen LogP contribution in [0.4, 0.5) is 6.01 Å². The number of nitrogens with zero attached hydrogens (tertiary/aromatic N) is 2. The van der Waals surface area contributed by atoms with Crippen LogP contribution < -0.4 is 10.5 Å². The molecule has 50 valence electrons. The largest absolute Gasteiger partial charge is 0.462 e. The van der Waals surface area contributed by atoms with Gasteiger partial charge < -0.3 is 15.0 Å². The van der Waals surface area contributed by atoms with Crippen LogP contribution in [-0.4, -0.2) is 16.7 Å². The Labute approximate surface area is 51.8 Å². The molecule has 2 N–H and O–H groups in total. The quantitative estimate of drug-likeness (QED) is 0.610. The van der Waals surface area contributed by atoms with E-state index in [1.165, 1.54) is 0 Å². The predicted molar refractivity (Wildman–Crippen MR) is 29.9 cm³/mol. The van der Waals surface area contributed by atoms with Crippen LogP contribution in [-0.2, 0) is 0 Å². The van der Waals surface area contributed by atoms with Crippen LogP contribution in [0.15, 0.2) is 4.52 Å². The molecule has 1 rings (SSSR count). The van der Waals surface area contributed by atoms with E-state index in [4.69, 9.17) is 10.5 Å². The van der Waals surface area contributed by atoms with Crippen LogP contribution >= 0.6 is 0 Å². The van der Waals surface area contributed by atoms with Gasteiger partial charge in [-0.2, -0.15) is 0 Å². The van der Waals surface area contributed by atoms with Crippen molar-refractivity contribution in [3.63, 3.8) is 0 Å². The molecule has 5 heteroatoms. The molecule has 0 radical (unpaired) electrons. The second-order valence-electron chi connectivity index (χ2n) is 1.35. The molecule has 5 nitrogen and oxygen atoms in total. The number of ether oxygens (including phenoxy) is 1. The smallest absolute Gasteiger partial charge is 0.355 e. The lowest BCUT2D eigenvalue weighted by molar-refractivity contribution is 0.291. The number of nitrogens with two attached hydrogens (primary N) is 1. The van der Waals surface area contributed by atoms with Gasteiger partial charge in [-0.1, -0.05) is 0 Å². The Bertz CT molecular complexity index is 186. The van der Waals surface area contributed by atoms with Gasteiger partial charge in [0.15, 0.2) is 0 Å². The Balaban J connectivity index is 2.61. The summed E-state index contributed by atoms with van der Waals surface area (Å²) in [7, 11) is 0. The summed E-state index contributed by atoms with van der Waals surface area (Å²) >= 11 is 0. The minimum absolute atomic E-state index is 0.0263. The first kappa shape index (κ1) is 5.87. The zero-order chi connectivity index (χ0) is 6.69. The number of anilines is 1. The normalized spacial score (nSPS) is 9.44. The summed E-state index contributed by atoms with van der Waals surface area (Å²) in [6, 6.07) is 0.216. The van der Waals surface area contributed by atoms with Gasteiger partial charge in [-0.15, -0.1) is 4.98 Å². The third kappa shape index (κ3) is 1.31. The lowest BCUT2D eigenvalue weighted by atomic mass is 10.9. The highest BCUT2D eigenvalue weighted by Crippen LogP contribution is 2.04. The van der Waals surface area contributed by atoms with Crippen molar-refractivity contribution in [1.29, 1.82) is 0 Å². The molecular weight excluding hydrogens is 122 g/mol. The van der Waals surface area contributed by atoms with E-state index in [1.54, 1.807) is 0 Å². The van der Waals surface area contributed by atoms with E-state index in [-0.39, 0.29) is 12.0 Å². The van der Waals surface area contributed by atoms with Gasteiger partial charge in [-0.05, 0) is 12.1 Å². The highest BCUT2D eigenvalue weighted by molar-refractivity contribution is 5.09. The molecule has 0 aromatic carbocycles. The summed E-state index contributed by atoms with van der Waals surface area (Å²) in [5.41, 5.74) is 5.09. The molecule has 1 aromatic heterocycles. The van der Waals surface area contributed by atoms with E-state index < -0.39 is 0 Å². The van der Waals surface area contributed by atoms with E-state index in [9.17, 15) is 0 Å². The molecule has 9 heavy (non-hydrogen) atoms. The van der Waals surface area contributed by atoms with E-state index in [0.29, 0.717) is 6.61 Å². The second kappa shape index (κ2) is 2.34. The first-order chi connectivity index (χ1) is 4.33. The molecule has 0 spiro atoms. The Hall–Kier alpha value is -1.26. The van der Waals surface area contributed by atoms with Crippen LogP contribution in [0, 0.1) is 0 Å². The van der Waals surface area contributed by atoms with Gasteiger partial charge in [0.2, 0.25) is 0 Å². The maximum atomic E-state index is 5.09. The van der Waals surface area contributed by atoms with E-state index in [1.807, 2.05) is 6.92 Å². The molecule has 0 aliphatic carbocycles. The summed E-state index contributed by atoms with van der Waals surface area (Å²) < 4.78 is 9.24. The Morgan fingerprint density at radius 2 is 2.56 bits per heavy atom. The molecule has 1 heterocycles. The lowest BCUT2D eigenvalue weighted by Crippen LogP contribution is -1.92. The topological polar surface area (TPSA) is 74.2 Å². The summed E-state index contributed by atoms with van der Waals surface area (Å²) in [5.74, 6) is 0. The molecule has 0 amide bonds. The fourth-order valence-electron chi connectivity index (χ4n) is 0.409. The minimum atomic E-state index is 0.0263. The average molecular weight is 129 g/mol. The summed E-state index contributed by atoms with van der Waals surface area (Å²) in [6.07, 6.45) is 0. The van der Waals surface area contributed by atoms with Gasteiger partial charge in [-0.3, -0.25) is 0 Å². The number of nitrogen functional groups attached to an aromatic ring is 1. The Morgan fingerprint density at radius 3 is 3.00 bits per heavy atom. The molecule has 0 aliphatic heterocycles. The summed E-state index contributed by atoms with van der Waals surface area (Å²) in [5, 5.41) is 3.37. The van der Waals surface area contributed by atoms with Crippen LogP contribution in [0.1, 0.15) is 6.92 Å². The fourth-order valence-corrected chi connectivity index (χ4v) is 0.409. The number of hydrogen-bond donors (Lipinski definition) is 1. The highest BCUT2D eigenvalue weighted by atomic mass is 16.6. The van der Waals surface area contributed by atoms with Crippen molar-refractivity contribution < 1.29 is 9.26 Å². The molecule has 0 fully saturated rings. The van der Waals surface area contributed by atoms with Gasteiger partial charge >= 0.3 is 12.0 Å². The Morgan fingerprint density at radius 1 is 1.78 bits per heavy atom. The minimum Gasteiger partial charge on any atom is -0.462 e. The van der Waals surface area contributed by atoms with Gasteiger partial charge in [0.05, 0.1) is 6.61 Å². The van der Waals surface area contributed by atoms with Crippen molar-refractivity contribution in [3.05, 3.63) is 0 Å². The first-order valence-corrected chi connectivity index (χ1v) is 2.55. The number of hydrogen-bond acceptors (Lipinski definition) is 5. The van der Waals surface area contributed by atoms with E-state index in [2.05, 4.69) is 14.7 Å². The molecular formula is C4H7N3O2. The average Bonchev–Trinajstić information content (AvgIpc) is 2.17. The zero-order valence-electron chi connectivity index (χ0n) is 5.00. The second-order valence-corrected chi connectivity index (χ2v) is 1.35. The van der Waals surface area contributed by atoms with Crippen molar-refractivity contribution in [2.75, 3.05) is 12.3 Å². The third-order valence-electron chi connectivity index (χ3n) is 0.697. The number of aromatic nitrogens is 2. The van der Waals surface area contributed by atoms with Crippen LogP contribution in [0.2, 0.25) is 0 Å². The lowest BCUT2D eigenvalue weighted by Gasteiger charge is -1.89. The fraction of sp³-hybridized carbons (Fsp3) is 0.500. The van der Waals surface area contributed by atoms with Gasteiger partial charge in [0, 0.05) is 0 Å². The van der Waals surface area contributed by atoms with Crippen molar-refractivity contribution in [1.82, 2.24) is 10.1 Å². The van der Waals surface area contributed by atoms with Crippen LogP contribution in [0.3, 0.4) is 0 Å². The maximum Gasteiger partial charge on any atom is 0.355 e. The monoisotopic (exact) mass is 129 g/mol.